The number of nitrogens with zero attached hydrogens (tertiary/aromatic N) is 4. The van der Waals surface area contributed by atoms with Gasteiger partial charge in [0.15, 0.2) is 0 Å². The summed E-state index contributed by atoms with van der Waals surface area (Å²) in [7, 11) is 1.58. The van der Waals surface area contributed by atoms with Gasteiger partial charge in [0.1, 0.15) is 17.1 Å². The number of morpholine rings is 1. The van der Waals surface area contributed by atoms with Crippen LogP contribution in [-0.4, -0.2) is 91.6 Å². The summed E-state index contributed by atoms with van der Waals surface area (Å²) < 4.78 is 10.6. The molecule has 3 heterocycles. The van der Waals surface area contributed by atoms with Gasteiger partial charge in [-0.2, -0.15) is 4.98 Å². The molecule has 3 fully saturated rings. The number of benzene rings is 1. The van der Waals surface area contributed by atoms with Crippen LogP contribution in [0.3, 0.4) is 0 Å². The van der Waals surface area contributed by atoms with Crippen molar-refractivity contribution in [1.82, 2.24) is 20.2 Å². The molecule has 3 unspecified atom stereocenters. The average Bonchev–Trinajstić information content (AvgIpc) is 3.58. The minimum absolute atomic E-state index is 0.0245. The maximum atomic E-state index is 13.1. The minimum atomic E-state index is -0.229. The second-order valence-electron chi connectivity index (χ2n) is 9.53. The summed E-state index contributed by atoms with van der Waals surface area (Å²) in [6, 6.07) is 5.58. The van der Waals surface area contributed by atoms with Gasteiger partial charge in [0, 0.05) is 45.5 Å². The Bertz CT molecular complexity index is 1080. The molecule has 5 rings (SSSR count). The fourth-order valence-electron chi connectivity index (χ4n) is 5.10. The Morgan fingerprint density at radius 2 is 2.17 bits per heavy atom. The van der Waals surface area contributed by atoms with Crippen LogP contribution in [0.25, 0.3) is 0 Å². The molecular formula is C25H33ClN6O4. The number of hydrogen-bond donors (Lipinski definition) is 3. The number of hydrogen-bond acceptors (Lipinski definition) is 9. The third-order valence-electron chi connectivity index (χ3n) is 7.26. The number of fused-ring (bicyclic) bond motifs is 1. The second kappa shape index (κ2) is 11.2. The van der Waals surface area contributed by atoms with Crippen molar-refractivity contribution in [2.24, 2.45) is 11.8 Å². The molecule has 36 heavy (non-hydrogen) atoms. The molecule has 1 aromatic heterocycles. The number of nitrogens with one attached hydrogen (secondary N) is 2. The smallest absolute Gasteiger partial charge is 0.256 e. The highest BCUT2D eigenvalue weighted by molar-refractivity contribution is 6.32. The molecule has 2 saturated heterocycles. The Hall–Kier alpha value is -2.66. The third kappa shape index (κ3) is 5.51. The van der Waals surface area contributed by atoms with E-state index in [0.717, 1.165) is 51.4 Å². The Morgan fingerprint density at radius 3 is 2.92 bits per heavy atom. The zero-order valence-corrected chi connectivity index (χ0v) is 21.2. The van der Waals surface area contributed by atoms with E-state index >= 15 is 0 Å². The molecule has 1 aliphatic carbocycles. The highest BCUT2D eigenvalue weighted by Gasteiger charge is 2.53. The van der Waals surface area contributed by atoms with Crippen molar-refractivity contribution in [2.45, 2.75) is 19.0 Å². The molecule has 1 amide bonds. The highest BCUT2D eigenvalue weighted by atomic mass is 35.5. The molecule has 194 valence electrons. The van der Waals surface area contributed by atoms with Crippen molar-refractivity contribution in [3.05, 3.63) is 40.5 Å². The standard InChI is InChI=1S/C25H33ClN6O4/c1-35-22-3-2-16(10-20(22)26)12-28-23-19(24(34)27-4-5-31-6-8-36-9-7-31)13-29-25(30-23)32-14-17-11-18(17)21(32)15-33/h2-3,10,13,17-18,21,33H,4-9,11-12,14-15H2,1H3,(H,27,34)(H,28,29,30). The number of piperidine rings is 1. The minimum Gasteiger partial charge on any atom is -0.495 e. The maximum absolute atomic E-state index is 13.1. The van der Waals surface area contributed by atoms with Gasteiger partial charge in [-0.25, -0.2) is 4.98 Å². The van der Waals surface area contributed by atoms with Gasteiger partial charge in [-0.3, -0.25) is 9.69 Å². The number of carbonyl (C=O) groups excluding carboxylic acids is 1. The lowest BCUT2D eigenvalue weighted by Crippen LogP contribution is -2.41. The quantitative estimate of drug-likeness (QED) is 0.433. The van der Waals surface area contributed by atoms with Crippen molar-refractivity contribution < 1.29 is 19.4 Å². The van der Waals surface area contributed by atoms with Crippen LogP contribution >= 0.6 is 11.6 Å². The lowest BCUT2D eigenvalue weighted by Gasteiger charge is -2.27. The molecule has 0 radical (unpaired) electrons. The van der Waals surface area contributed by atoms with E-state index in [4.69, 9.17) is 26.1 Å². The van der Waals surface area contributed by atoms with Crippen molar-refractivity contribution in [3.63, 3.8) is 0 Å². The van der Waals surface area contributed by atoms with Crippen LogP contribution in [0.5, 0.6) is 5.75 Å². The molecule has 0 spiro atoms. The van der Waals surface area contributed by atoms with Gasteiger partial charge in [0.2, 0.25) is 5.95 Å². The monoisotopic (exact) mass is 516 g/mol. The van der Waals surface area contributed by atoms with Gasteiger partial charge in [0.25, 0.3) is 5.91 Å². The van der Waals surface area contributed by atoms with E-state index in [1.54, 1.807) is 13.3 Å². The molecule has 3 aliphatic rings. The Balaban J connectivity index is 1.31. The van der Waals surface area contributed by atoms with Crippen LogP contribution in [0.4, 0.5) is 11.8 Å². The molecule has 1 aromatic carbocycles. The zero-order chi connectivity index (χ0) is 25.1. The summed E-state index contributed by atoms with van der Waals surface area (Å²) >= 11 is 6.29. The molecule has 2 aliphatic heterocycles. The topological polar surface area (TPSA) is 112 Å². The third-order valence-corrected chi connectivity index (χ3v) is 7.56. The van der Waals surface area contributed by atoms with Gasteiger partial charge in [-0.05, 0) is 36.0 Å². The molecule has 11 heteroatoms. The summed E-state index contributed by atoms with van der Waals surface area (Å²) in [5.74, 6) is 2.45. The van der Waals surface area contributed by atoms with Crippen molar-refractivity contribution in [1.29, 1.82) is 0 Å². The first-order valence-electron chi connectivity index (χ1n) is 12.5. The second-order valence-corrected chi connectivity index (χ2v) is 9.93. The van der Waals surface area contributed by atoms with Crippen LogP contribution in [0.15, 0.2) is 24.4 Å². The first kappa shape index (κ1) is 25.0. The molecule has 2 aromatic rings. The van der Waals surface area contributed by atoms with E-state index in [2.05, 4.69) is 25.4 Å². The number of aliphatic hydroxyl groups excluding tert-OH is 1. The van der Waals surface area contributed by atoms with E-state index in [1.807, 2.05) is 18.2 Å². The van der Waals surface area contributed by atoms with Crippen LogP contribution in [0.2, 0.25) is 5.02 Å². The van der Waals surface area contributed by atoms with Crippen LogP contribution in [0, 0.1) is 11.8 Å². The number of ether oxygens (including phenoxy) is 2. The maximum Gasteiger partial charge on any atom is 0.256 e. The zero-order valence-electron chi connectivity index (χ0n) is 20.5. The number of amides is 1. The van der Waals surface area contributed by atoms with Crippen LogP contribution < -0.4 is 20.3 Å². The predicted octanol–water partition coefficient (Wildman–Crippen LogP) is 1.63. The summed E-state index contributed by atoms with van der Waals surface area (Å²) in [5.41, 5.74) is 1.31. The van der Waals surface area contributed by atoms with Crippen LogP contribution in [0.1, 0.15) is 22.3 Å². The molecule has 0 bridgehead atoms. The lowest BCUT2D eigenvalue weighted by molar-refractivity contribution is 0.0383. The number of aliphatic hydroxyl groups is 1. The fourth-order valence-corrected chi connectivity index (χ4v) is 5.38. The average molecular weight is 517 g/mol. The van der Waals surface area contributed by atoms with Crippen molar-refractivity contribution in [3.8, 4) is 5.75 Å². The number of halogens is 1. The van der Waals surface area contributed by atoms with Crippen molar-refractivity contribution in [2.75, 3.05) is 69.9 Å². The molecular weight excluding hydrogens is 484 g/mol. The highest BCUT2D eigenvalue weighted by Crippen LogP contribution is 2.50. The summed E-state index contributed by atoms with van der Waals surface area (Å²) in [4.78, 5) is 26.7. The Morgan fingerprint density at radius 1 is 1.33 bits per heavy atom. The normalized spacial score (nSPS) is 23.3. The Kier molecular flexibility index (Phi) is 7.76. The Labute approximate surface area is 215 Å². The van der Waals surface area contributed by atoms with E-state index in [9.17, 15) is 9.90 Å². The summed E-state index contributed by atoms with van der Waals surface area (Å²) in [6.45, 7) is 5.79. The predicted molar refractivity (Wildman–Crippen MR) is 137 cm³/mol. The number of methoxy groups -OCH3 is 1. The number of carbonyl (C=O) groups is 1. The van der Waals surface area contributed by atoms with Gasteiger partial charge >= 0.3 is 0 Å². The van der Waals surface area contributed by atoms with Gasteiger partial charge < -0.3 is 30.1 Å². The van der Waals surface area contributed by atoms with E-state index in [-0.39, 0.29) is 18.6 Å². The van der Waals surface area contributed by atoms with E-state index in [1.165, 1.54) is 0 Å². The van der Waals surface area contributed by atoms with Gasteiger partial charge in [-0.1, -0.05) is 17.7 Å². The first-order chi connectivity index (χ1) is 17.6. The fraction of sp³-hybridized carbons (Fsp3) is 0.560. The molecule has 3 atom stereocenters. The van der Waals surface area contributed by atoms with E-state index in [0.29, 0.717) is 53.0 Å². The van der Waals surface area contributed by atoms with Gasteiger partial charge in [0.05, 0.1) is 38.0 Å². The lowest BCUT2D eigenvalue weighted by atomic mass is 10.2. The number of aromatic nitrogens is 2. The number of anilines is 2. The van der Waals surface area contributed by atoms with Crippen LogP contribution in [-0.2, 0) is 11.3 Å². The summed E-state index contributed by atoms with van der Waals surface area (Å²) in [5, 5.41) is 16.7. The molecule has 1 saturated carbocycles. The van der Waals surface area contributed by atoms with E-state index < -0.39 is 0 Å². The summed E-state index contributed by atoms with van der Waals surface area (Å²) in [6.07, 6.45) is 2.73. The number of rotatable bonds is 10. The van der Waals surface area contributed by atoms with Gasteiger partial charge in [-0.15, -0.1) is 0 Å². The van der Waals surface area contributed by atoms with Crippen molar-refractivity contribution >= 4 is 29.3 Å². The molecule has 10 nitrogen and oxygen atoms in total. The largest absolute Gasteiger partial charge is 0.495 e. The molecule has 3 N–H and O–H groups in total. The SMILES string of the molecule is COc1ccc(CNc2nc(N3CC4CC4C3CO)ncc2C(=O)NCCN2CCOCC2)cc1Cl. The first-order valence-corrected chi connectivity index (χ1v) is 12.8.